The van der Waals surface area contributed by atoms with Gasteiger partial charge in [-0.3, -0.25) is 4.90 Å². The topological polar surface area (TPSA) is 15.3 Å². The maximum Gasteiger partial charge on any atom is 0.0249 e. The van der Waals surface area contributed by atoms with Crippen LogP contribution in [0.15, 0.2) is 24.3 Å². The molecular weight excluding hydrogens is 244 g/mol. The Labute approximate surface area is 124 Å². The zero-order valence-electron chi connectivity index (χ0n) is 13.4. The van der Waals surface area contributed by atoms with Crippen LogP contribution in [0.3, 0.4) is 0 Å². The number of nitrogens with zero attached hydrogens (tertiary/aromatic N) is 1. The van der Waals surface area contributed by atoms with Gasteiger partial charge in [-0.1, -0.05) is 44.0 Å². The van der Waals surface area contributed by atoms with E-state index in [1.54, 1.807) is 0 Å². The molecule has 0 radical (unpaired) electrons. The second kappa shape index (κ2) is 7.80. The summed E-state index contributed by atoms with van der Waals surface area (Å²) in [5.41, 5.74) is 2.88. The maximum atomic E-state index is 3.76. The van der Waals surface area contributed by atoms with Gasteiger partial charge in [0.05, 0.1) is 0 Å². The van der Waals surface area contributed by atoms with E-state index in [4.69, 9.17) is 0 Å². The van der Waals surface area contributed by atoms with Gasteiger partial charge in [0.2, 0.25) is 0 Å². The van der Waals surface area contributed by atoms with Gasteiger partial charge in [-0.25, -0.2) is 0 Å². The predicted octanol–water partition coefficient (Wildman–Crippen LogP) is 3.74. The largest absolute Gasteiger partial charge is 0.312 e. The van der Waals surface area contributed by atoms with E-state index in [0.717, 1.165) is 13.1 Å². The first-order chi connectivity index (χ1) is 9.72. The van der Waals surface area contributed by atoms with Crippen LogP contribution in [0.25, 0.3) is 0 Å². The minimum Gasteiger partial charge on any atom is -0.312 e. The SMILES string of the molecule is CCCNC1CCCCC1N(C)Cc1ccccc1C. The fraction of sp³-hybridized carbons (Fsp3) is 0.667. The molecule has 2 atom stereocenters. The van der Waals surface area contributed by atoms with Gasteiger partial charge < -0.3 is 5.32 Å². The van der Waals surface area contributed by atoms with Crippen molar-refractivity contribution >= 4 is 0 Å². The summed E-state index contributed by atoms with van der Waals surface area (Å²) in [6, 6.07) is 10.1. The second-order valence-electron chi connectivity index (χ2n) is 6.25. The van der Waals surface area contributed by atoms with Crippen molar-refractivity contribution in [2.75, 3.05) is 13.6 Å². The zero-order chi connectivity index (χ0) is 14.4. The fourth-order valence-corrected chi connectivity index (χ4v) is 3.38. The number of nitrogens with one attached hydrogen (secondary N) is 1. The number of hydrogen-bond donors (Lipinski definition) is 1. The highest BCUT2D eigenvalue weighted by Gasteiger charge is 2.27. The van der Waals surface area contributed by atoms with Crippen molar-refractivity contribution in [2.24, 2.45) is 0 Å². The minimum absolute atomic E-state index is 0.678. The molecule has 1 aromatic carbocycles. The average Bonchev–Trinajstić information content (AvgIpc) is 2.47. The van der Waals surface area contributed by atoms with E-state index in [2.05, 4.69) is 55.4 Å². The standard InChI is InChI=1S/C18H30N2/c1-4-13-19-17-11-7-8-12-18(17)20(3)14-16-10-6-5-9-15(16)2/h5-6,9-10,17-19H,4,7-8,11-14H2,1-3H3. The van der Waals surface area contributed by atoms with Gasteiger partial charge >= 0.3 is 0 Å². The molecular formula is C18H30N2. The molecule has 112 valence electrons. The molecule has 0 amide bonds. The summed E-state index contributed by atoms with van der Waals surface area (Å²) in [6.07, 6.45) is 6.67. The van der Waals surface area contributed by atoms with E-state index in [0.29, 0.717) is 12.1 Å². The highest BCUT2D eigenvalue weighted by Crippen LogP contribution is 2.24. The van der Waals surface area contributed by atoms with Crippen LogP contribution in [-0.4, -0.2) is 30.6 Å². The van der Waals surface area contributed by atoms with Crippen LogP contribution >= 0.6 is 0 Å². The predicted molar refractivity (Wildman–Crippen MR) is 87.0 cm³/mol. The van der Waals surface area contributed by atoms with Crippen LogP contribution in [0.1, 0.15) is 50.2 Å². The number of benzene rings is 1. The maximum absolute atomic E-state index is 3.76. The summed E-state index contributed by atoms with van der Waals surface area (Å²) < 4.78 is 0. The Morgan fingerprint density at radius 2 is 1.95 bits per heavy atom. The molecule has 2 rings (SSSR count). The summed E-state index contributed by atoms with van der Waals surface area (Å²) in [5, 5.41) is 3.76. The van der Waals surface area contributed by atoms with Crippen LogP contribution in [0, 0.1) is 6.92 Å². The normalized spacial score (nSPS) is 23.2. The van der Waals surface area contributed by atoms with E-state index >= 15 is 0 Å². The van der Waals surface area contributed by atoms with Crippen molar-refractivity contribution in [3.63, 3.8) is 0 Å². The molecule has 2 unspecified atom stereocenters. The molecule has 1 saturated carbocycles. The average molecular weight is 274 g/mol. The van der Waals surface area contributed by atoms with Crippen LogP contribution in [0.4, 0.5) is 0 Å². The monoisotopic (exact) mass is 274 g/mol. The Bertz CT molecular complexity index is 402. The quantitative estimate of drug-likeness (QED) is 0.850. The highest BCUT2D eigenvalue weighted by molar-refractivity contribution is 5.25. The van der Waals surface area contributed by atoms with E-state index in [9.17, 15) is 0 Å². The number of hydrogen-bond acceptors (Lipinski definition) is 2. The van der Waals surface area contributed by atoms with E-state index in [1.807, 2.05) is 0 Å². The molecule has 0 saturated heterocycles. The lowest BCUT2D eigenvalue weighted by Crippen LogP contribution is -2.50. The molecule has 0 aliphatic heterocycles. The molecule has 1 aromatic rings. The van der Waals surface area contributed by atoms with Crippen LogP contribution < -0.4 is 5.32 Å². The summed E-state index contributed by atoms with van der Waals surface area (Å²) in [4.78, 5) is 2.56. The summed E-state index contributed by atoms with van der Waals surface area (Å²) >= 11 is 0. The van der Waals surface area contributed by atoms with Gasteiger partial charge in [-0.05, 0) is 50.9 Å². The number of rotatable bonds is 6. The summed E-state index contributed by atoms with van der Waals surface area (Å²) in [5.74, 6) is 0. The van der Waals surface area contributed by atoms with E-state index in [1.165, 1.54) is 43.2 Å². The van der Waals surface area contributed by atoms with E-state index < -0.39 is 0 Å². The van der Waals surface area contributed by atoms with Crippen molar-refractivity contribution in [1.29, 1.82) is 0 Å². The van der Waals surface area contributed by atoms with Crippen molar-refractivity contribution in [3.05, 3.63) is 35.4 Å². The Hall–Kier alpha value is -0.860. The number of aryl methyl sites for hydroxylation is 1. The van der Waals surface area contributed by atoms with Gasteiger partial charge in [0.25, 0.3) is 0 Å². The first kappa shape index (κ1) is 15.5. The van der Waals surface area contributed by atoms with Crippen molar-refractivity contribution < 1.29 is 0 Å². The first-order valence-corrected chi connectivity index (χ1v) is 8.20. The molecule has 20 heavy (non-hydrogen) atoms. The Kier molecular flexibility index (Phi) is 6.06. The lowest BCUT2D eigenvalue weighted by atomic mass is 9.89. The molecule has 1 aliphatic rings. The van der Waals surface area contributed by atoms with Crippen molar-refractivity contribution in [3.8, 4) is 0 Å². The van der Waals surface area contributed by atoms with Gasteiger partial charge in [0.1, 0.15) is 0 Å². The Balaban J connectivity index is 1.98. The van der Waals surface area contributed by atoms with Crippen LogP contribution in [0.5, 0.6) is 0 Å². The molecule has 1 fully saturated rings. The number of likely N-dealkylation sites (N-methyl/N-ethyl adjacent to an activating group) is 1. The van der Waals surface area contributed by atoms with E-state index in [-0.39, 0.29) is 0 Å². The molecule has 0 heterocycles. The first-order valence-electron chi connectivity index (χ1n) is 8.20. The molecule has 0 aromatic heterocycles. The Morgan fingerprint density at radius 1 is 1.20 bits per heavy atom. The molecule has 0 spiro atoms. The van der Waals surface area contributed by atoms with Gasteiger partial charge in [0, 0.05) is 18.6 Å². The van der Waals surface area contributed by atoms with Crippen LogP contribution in [-0.2, 0) is 6.54 Å². The van der Waals surface area contributed by atoms with Gasteiger partial charge in [0.15, 0.2) is 0 Å². The fourth-order valence-electron chi connectivity index (χ4n) is 3.38. The third-order valence-corrected chi connectivity index (χ3v) is 4.63. The van der Waals surface area contributed by atoms with Crippen molar-refractivity contribution in [1.82, 2.24) is 10.2 Å². The van der Waals surface area contributed by atoms with Gasteiger partial charge in [-0.15, -0.1) is 0 Å². The molecule has 2 nitrogen and oxygen atoms in total. The highest BCUT2D eigenvalue weighted by atomic mass is 15.2. The summed E-state index contributed by atoms with van der Waals surface area (Å²) in [6.45, 7) is 6.69. The molecule has 1 aliphatic carbocycles. The summed E-state index contributed by atoms with van der Waals surface area (Å²) in [7, 11) is 2.29. The molecule has 2 heteroatoms. The second-order valence-corrected chi connectivity index (χ2v) is 6.25. The third-order valence-electron chi connectivity index (χ3n) is 4.63. The lowest BCUT2D eigenvalue weighted by Gasteiger charge is -2.39. The molecule has 1 N–H and O–H groups in total. The van der Waals surface area contributed by atoms with Crippen molar-refractivity contribution in [2.45, 2.75) is 64.6 Å². The smallest absolute Gasteiger partial charge is 0.0249 e. The lowest BCUT2D eigenvalue weighted by molar-refractivity contribution is 0.143. The van der Waals surface area contributed by atoms with Gasteiger partial charge in [-0.2, -0.15) is 0 Å². The zero-order valence-corrected chi connectivity index (χ0v) is 13.4. The third kappa shape index (κ3) is 4.07. The Morgan fingerprint density at radius 3 is 2.70 bits per heavy atom. The molecule has 0 bridgehead atoms. The minimum atomic E-state index is 0.678. The van der Waals surface area contributed by atoms with Crippen LogP contribution in [0.2, 0.25) is 0 Å².